The molecular formula is C10H16N2. The highest BCUT2D eigenvalue weighted by atomic mass is 14.7. The number of fused-ring (bicyclic) bond motifs is 1. The molecule has 0 aliphatic heterocycles. The van der Waals surface area contributed by atoms with Crippen molar-refractivity contribution in [3.63, 3.8) is 0 Å². The maximum Gasteiger partial charge on any atom is 0.0878 e. The number of aromatic nitrogens is 2. The van der Waals surface area contributed by atoms with Crippen LogP contribution in [0.15, 0.2) is 24.5 Å². The fraction of sp³-hybridized carbons (Fsp3) is 0.300. The fourth-order valence-corrected chi connectivity index (χ4v) is 1.04. The van der Waals surface area contributed by atoms with E-state index in [1.165, 1.54) is 5.56 Å². The first kappa shape index (κ1) is 8.78. The predicted molar refractivity (Wildman–Crippen MR) is 54.3 cm³/mol. The third-order valence-corrected chi connectivity index (χ3v) is 1.54. The Morgan fingerprint density at radius 2 is 2.17 bits per heavy atom. The van der Waals surface area contributed by atoms with Crippen molar-refractivity contribution in [1.82, 2.24) is 9.97 Å². The minimum Gasteiger partial charge on any atom is -0.360 e. The summed E-state index contributed by atoms with van der Waals surface area (Å²) < 4.78 is 0. The van der Waals surface area contributed by atoms with E-state index in [4.69, 9.17) is 0 Å². The van der Waals surface area contributed by atoms with Gasteiger partial charge in [-0.15, -0.1) is 0 Å². The molecule has 2 heteroatoms. The molecule has 0 spiro atoms. The van der Waals surface area contributed by atoms with E-state index in [-0.39, 0.29) is 1.43 Å². The van der Waals surface area contributed by atoms with Crippen molar-refractivity contribution in [1.29, 1.82) is 0 Å². The lowest BCUT2D eigenvalue weighted by molar-refractivity contribution is 1.33. The largest absolute Gasteiger partial charge is 0.360 e. The lowest BCUT2D eigenvalue weighted by atomic mass is 10.3. The third kappa shape index (κ3) is 1.64. The van der Waals surface area contributed by atoms with Crippen LogP contribution < -0.4 is 0 Å². The van der Waals surface area contributed by atoms with E-state index >= 15 is 0 Å². The second-order valence-corrected chi connectivity index (χ2v) is 2.42. The molecule has 0 unspecified atom stereocenters. The summed E-state index contributed by atoms with van der Waals surface area (Å²) in [5.41, 5.74) is 3.33. The molecule has 1 N–H and O–H groups in total. The highest BCUT2D eigenvalue weighted by Crippen LogP contribution is 2.09. The van der Waals surface area contributed by atoms with Crippen molar-refractivity contribution in [3.8, 4) is 0 Å². The summed E-state index contributed by atoms with van der Waals surface area (Å²) in [6.45, 7) is 6.04. The first-order valence-corrected chi connectivity index (χ1v) is 4.26. The number of nitrogens with zero attached hydrogens (tertiary/aromatic N) is 1. The van der Waals surface area contributed by atoms with Gasteiger partial charge in [-0.2, -0.15) is 0 Å². The van der Waals surface area contributed by atoms with Gasteiger partial charge >= 0.3 is 0 Å². The number of pyridine rings is 1. The van der Waals surface area contributed by atoms with Crippen LogP contribution in [0.2, 0.25) is 0 Å². The molecule has 0 aliphatic carbocycles. The minimum atomic E-state index is 0. The number of aryl methyl sites for hydroxylation is 1. The molecule has 0 aliphatic rings. The second kappa shape index (κ2) is 3.90. The van der Waals surface area contributed by atoms with Gasteiger partial charge in [0, 0.05) is 13.8 Å². The summed E-state index contributed by atoms with van der Waals surface area (Å²) in [5, 5.41) is 0. The van der Waals surface area contributed by atoms with Gasteiger partial charge in [0.05, 0.1) is 11.0 Å². The van der Waals surface area contributed by atoms with Crippen LogP contribution in [0.4, 0.5) is 0 Å². The van der Waals surface area contributed by atoms with Crippen molar-refractivity contribution in [3.05, 3.63) is 30.1 Å². The smallest absolute Gasteiger partial charge is 0.0878 e. The predicted octanol–water partition coefficient (Wildman–Crippen LogP) is 3.14. The van der Waals surface area contributed by atoms with Gasteiger partial charge in [-0.3, -0.25) is 4.98 Å². The Morgan fingerprint density at radius 3 is 2.92 bits per heavy atom. The number of aromatic amines is 1. The molecule has 0 amide bonds. The highest BCUT2D eigenvalue weighted by Gasteiger charge is 1.92. The molecule has 0 fully saturated rings. The van der Waals surface area contributed by atoms with Crippen LogP contribution in [0.5, 0.6) is 0 Å². The van der Waals surface area contributed by atoms with Gasteiger partial charge in [-0.25, -0.2) is 0 Å². The molecule has 0 radical (unpaired) electrons. The van der Waals surface area contributed by atoms with Gasteiger partial charge in [-0.1, -0.05) is 13.8 Å². The Balaban J connectivity index is 0.000000451. The number of hydrogen-bond donors (Lipinski definition) is 1. The Morgan fingerprint density at radius 1 is 1.42 bits per heavy atom. The summed E-state index contributed by atoms with van der Waals surface area (Å²) in [6.07, 6.45) is 3.77. The average Bonchev–Trinajstić information content (AvgIpc) is 2.54. The number of hydrogen-bond acceptors (Lipinski definition) is 1. The molecule has 2 nitrogen and oxygen atoms in total. The average molecular weight is 164 g/mol. The van der Waals surface area contributed by atoms with Gasteiger partial charge in [0.1, 0.15) is 0 Å². The van der Waals surface area contributed by atoms with Gasteiger partial charge in [0.25, 0.3) is 0 Å². The Kier molecular flexibility index (Phi) is 2.86. The first-order valence-electron chi connectivity index (χ1n) is 4.26. The third-order valence-electron chi connectivity index (χ3n) is 1.54. The minimum absolute atomic E-state index is 0. The van der Waals surface area contributed by atoms with Crippen LogP contribution >= 0.6 is 0 Å². The second-order valence-electron chi connectivity index (χ2n) is 2.42. The maximum atomic E-state index is 4.21. The van der Waals surface area contributed by atoms with Crippen LogP contribution in [0, 0.1) is 6.92 Å². The zero-order valence-electron chi connectivity index (χ0n) is 7.76. The molecule has 2 aromatic rings. The number of H-pyrrole nitrogens is 1. The molecule has 66 valence electrons. The quantitative estimate of drug-likeness (QED) is 0.636. The van der Waals surface area contributed by atoms with E-state index < -0.39 is 0 Å². The van der Waals surface area contributed by atoms with E-state index in [1.54, 1.807) is 0 Å². The van der Waals surface area contributed by atoms with Gasteiger partial charge < -0.3 is 4.98 Å². The standard InChI is InChI=1S/C8H8N2.C2H6.H2/c1-6-4-8-7(10-5-6)2-3-9-8;1-2;/h2-5,9H,1H3;1-2H3;1H. The van der Waals surface area contributed by atoms with Gasteiger partial charge in [-0.05, 0) is 24.6 Å². The lowest BCUT2D eigenvalue weighted by Gasteiger charge is -1.89. The van der Waals surface area contributed by atoms with Crippen LogP contribution in [0.3, 0.4) is 0 Å². The van der Waals surface area contributed by atoms with Crippen LogP contribution in [-0.4, -0.2) is 9.97 Å². The van der Waals surface area contributed by atoms with Crippen molar-refractivity contribution in [2.24, 2.45) is 0 Å². The molecule has 0 aromatic carbocycles. The Bertz CT molecular complexity index is 354. The number of nitrogens with one attached hydrogen (secondary N) is 1. The topological polar surface area (TPSA) is 28.7 Å². The van der Waals surface area contributed by atoms with Crippen molar-refractivity contribution in [2.45, 2.75) is 20.8 Å². The molecule has 12 heavy (non-hydrogen) atoms. The summed E-state index contributed by atoms with van der Waals surface area (Å²) >= 11 is 0. The van der Waals surface area contributed by atoms with Crippen LogP contribution in [-0.2, 0) is 0 Å². The SMILES string of the molecule is CC.Cc1cnc2cc[nH]c2c1.[HH]. The summed E-state index contributed by atoms with van der Waals surface area (Å²) in [4.78, 5) is 7.31. The van der Waals surface area contributed by atoms with E-state index in [0.29, 0.717) is 0 Å². The zero-order valence-corrected chi connectivity index (χ0v) is 7.76. The van der Waals surface area contributed by atoms with E-state index in [0.717, 1.165) is 11.0 Å². The van der Waals surface area contributed by atoms with E-state index in [2.05, 4.69) is 16.0 Å². The Hall–Kier alpha value is -1.31. The van der Waals surface area contributed by atoms with Gasteiger partial charge in [0.2, 0.25) is 0 Å². The molecule has 0 atom stereocenters. The molecule has 2 heterocycles. The molecule has 2 rings (SSSR count). The maximum absolute atomic E-state index is 4.21. The Labute approximate surface area is 74.1 Å². The van der Waals surface area contributed by atoms with E-state index in [1.807, 2.05) is 39.2 Å². The summed E-state index contributed by atoms with van der Waals surface area (Å²) in [5.74, 6) is 0. The van der Waals surface area contributed by atoms with Crippen LogP contribution in [0.25, 0.3) is 11.0 Å². The molecular weight excluding hydrogens is 148 g/mol. The highest BCUT2D eigenvalue weighted by molar-refractivity contribution is 5.74. The van der Waals surface area contributed by atoms with Crippen molar-refractivity contribution < 1.29 is 1.43 Å². The molecule has 2 aromatic heterocycles. The van der Waals surface area contributed by atoms with Gasteiger partial charge in [0.15, 0.2) is 0 Å². The monoisotopic (exact) mass is 164 g/mol. The lowest BCUT2D eigenvalue weighted by Crippen LogP contribution is -1.76. The molecule has 0 bridgehead atoms. The molecule has 0 saturated heterocycles. The normalized spacial score (nSPS) is 9.25. The van der Waals surface area contributed by atoms with Crippen molar-refractivity contribution in [2.75, 3.05) is 0 Å². The first-order chi connectivity index (χ1) is 5.86. The summed E-state index contributed by atoms with van der Waals surface area (Å²) in [6, 6.07) is 4.05. The molecule has 0 saturated carbocycles. The number of rotatable bonds is 0. The zero-order chi connectivity index (χ0) is 8.97. The van der Waals surface area contributed by atoms with E-state index in [9.17, 15) is 0 Å². The fourth-order valence-electron chi connectivity index (χ4n) is 1.04. The van der Waals surface area contributed by atoms with Crippen molar-refractivity contribution >= 4 is 11.0 Å². The van der Waals surface area contributed by atoms with Crippen LogP contribution in [0.1, 0.15) is 20.8 Å². The summed E-state index contributed by atoms with van der Waals surface area (Å²) in [7, 11) is 0.